The SMILES string of the molecule is CCOC(=O)C1(NCc2cccs2)CCC(C)C(C)C1. The summed E-state index contributed by atoms with van der Waals surface area (Å²) in [6.45, 7) is 7.59. The molecule has 0 amide bonds. The second-order valence-corrected chi connectivity index (χ2v) is 6.97. The van der Waals surface area contributed by atoms with Gasteiger partial charge in [0.05, 0.1) is 6.61 Å². The summed E-state index contributed by atoms with van der Waals surface area (Å²) in [5.74, 6) is 1.15. The summed E-state index contributed by atoms with van der Waals surface area (Å²) < 4.78 is 5.34. The summed E-state index contributed by atoms with van der Waals surface area (Å²) in [6, 6.07) is 4.15. The molecule has 3 nitrogen and oxygen atoms in total. The zero-order valence-corrected chi connectivity index (χ0v) is 13.5. The van der Waals surface area contributed by atoms with Gasteiger partial charge in [0.1, 0.15) is 5.54 Å². The summed E-state index contributed by atoms with van der Waals surface area (Å²) in [5.41, 5.74) is -0.494. The average molecular weight is 295 g/mol. The van der Waals surface area contributed by atoms with Crippen LogP contribution < -0.4 is 5.32 Å². The molecule has 1 N–H and O–H groups in total. The number of rotatable bonds is 5. The number of carbonyl (C=O) groups is 1. The monoisotopic (exact) mass is 295 g/mol. The Bertz CT molecular complexity index is 432. The molecular formula is C16H25NO2S. The van der Waals surface area contributed by atoms with Gasteiger partial charge in [-0.15, -0.1) is 11.3 Å². The van der Waals surface area contributed by atoms with Crippen LogP contribution in [0.1, 0.15) is 44.9 Å². The van der Waals surface area contributed by atoms with E-state index in [-0.39, 0.29) is 5.97 Å². The molecular weight excluding hydrogens is 270 g/mol. The highest BCUT2D eigenvalue weighted by Gasteiger charge is 2.44. The molecule has 0 radical (unpaired) electrons. The molecule has 0 spiro atoms. The van der Waals surface area contributed by atoms with E-state index in [1.54, 1.807) is 11.3 Å². The number of ether oxygens (including phenoxy) is 1. The Labute approximate surface area is 125 Å². The highest BCUT2D eigenvalue weighted by atomic mass is 32.1. The molecule has 0 aliphatic heterocycles. The highest BCUT2D eigenvalue weighted by Crippen LogP contribution is 2.37. The van der Waals surface area contributed by atoms with E-state index in [4.69, 9.17) is 4.74 Å². The van der Waals surface area contributed by atoms with Crippen LogP contribution >= 0.6 is 11.3 Å². The Morgan fingerprint density at radius 1 is 1.50 bits per heavy atom. The third-order valence-corrected chi connectivity index (χ3v) is 5.39. The van der Waals surface area contributed by atoms with Crippen LogP contribution in [0.5, 0.6) is 0 Å². The lowest BCUT2D eigenvalue weighted by Crippen LogP contribution is -2.56. The quantitative estimate of drug-likeness (QED) is 0.844. The van der Waals surface area contributed by atoms with Crippen molar-refractivity contribution in [1.82, 2.24) is 5.32 Å². The van der Waals surface area contributed by atoms with Gasteiger partial charge < -0.3 is 4.74 Å². The minimum Gasteiger partial charge on any atom is -0.465 e. The Kier molecular flexibility index (Phi) is 5.22. The zero-order chi connectivity index (χ0) is 14.6. The van der Waals surface area contributed by atoms with Gasteiger partial charge in [0.2, 0.25) is 0 Å². The van der Waals surface area contributed by atoms with Crippen LogP contribution in [0.3, 0.4) is 0 Å². The molecule has 1 saturated carbocycles. The topological polar surface area (TPSA) is 38.3 Å². The van der Waals surface area contributed by atoms with E-state index >= 15 is 0 Å². The van der Waals surface area contributed by atoms with Crippen molar-refractivity contribution in [2.75, 3.05) is 6.61 Å². The van der Waals surface area contributed by atoms with Gasteiger partial charge in [-0.2, -0.15) is 0 Å². The molecule has 1 aromatic rings. The van der Waals surface area contributed by atoms with Crippen LogP contribution in [0, 0.1) is 11.8 Å². The van der Waals surface area contributed by atoms with E-state index in [0.717, 1.165) is 25.8 Å². The number of hydrogen-bond acceptors (Lipinski definition) is 4. The maximum Gasteiger partial charge on any atom is 0.326 e. The van der Waals surface area contributed by atoms with Crippen molar-refractivity contribution >= 4 is 17.3 Å². The van der Waals surface area contributed by atoms with E-state index < -0.39 is 5.54 Å². The minimum absolute atomic E-state index is 0.0738. The largest absolute Gasteiger partial charge is 0.465 e. The van der Waals surface area contributed by atoms with Gasteiger partial charge >= 0.3 is 5.97 Å². The molecule has 0 aromatic carbocycles. The number of thiophene rings is 1. The Morgan fingerprint density at radius 2 is 2.30 bits per heavy atom. The molecule has 0 saturated heterocycles. The number of nitrogens with one attached hydrogen (secondary N) is 1. The van der Waals surface area contributed by atoms with Crippen LogP contribution in [0.25, 0.3) is 0 Å². The fraction of sp³-hybridized carbons (Fsp3) is 0.688. The second kappa shape index (κ2) is 6.72. The molecule has 3 atom stereocenters. The van der Waals surface area contributed by atoms with Crippen molar-refractivity contribution < 1.29 is 9.53 Å². The third kappa shape index (κ3) is 3.41. The molecule has 1 aliphatic carbocycles. The van der Waals surface area contributed by atoms with Crippen molar-refractivity contribution in [3.63, 3.8) is 0 Å². The first kappa shape index (κ1) is 15.5. The Morgan fingerprint density at radius 3 is 2.90 bits per heavy atom. The lowest BCUT2D eigenvalue weighted by molar-refractivity contribution is -0.154. The first-order valence-corrected chi connectivity index (χ1v) is 8.40. The maximum atomic E-state index is 12.5. The Balaban J connectivity index is 2.09. The van der Waals surface area contributed by atoms with Gasteiger partial charge in [-0.25, -0.2) is 0 Å². The summed E-state index contributed by atoms with van der Waals surface area (Å²) in [4.78, 5) is 13.7. The molecule has 0 bridgehead atoms. The van der Waals surface area contributed by atoms with Crippen molar-refractivity contribution in [2.24, 2.45) is 11.8 Å². The van der Waals surface area contributed by atoms with Crippen LogP contribution in [0.4, 0.5) is 0 Å². The number of esters is 1. The molecule has 3 unspecified atom stereocenters. The highest BCUT2D eigenvalue weighted by molar-refractivity contribution is 7.09. The van der Waals surface area contributed by atoms with Gasteiger partial charge in [-0.1, -0.05) is 19.9 Å². The molecule has 2 rings (SSSR count). The van der Waals surface area contributed by atoms with E-state index in [9.17, 15) is 4.79 Å². The standard InChI is InChI=1S/C16H25NO2S/c1-4-19-15(18)16(8-7-12(2)13(3)10-16)17-11-14-6-5-9-20-14/h5-6,9,12-13,17H,4,7-8,10-11H2,1-3H3. The fourth-order valence-corrected chi connectivity index (χ4v) is 3.61. The lowest BCUT2D eigenvalue weighted by Gasteiger charge is -2.41. The predicted octanol–water partition coefficient (Wildman–Crippen LogP) is 3.60. The van der Waals surface area contributed by atoms with Gasteiger partial charge in [-0.05, 0) is 49.5 Å². The zero-order valence-electron chi connectivity index (χ0n) is 12.6. The first-order chi connectivity index (χ1) is 9.57. The lowest BCUT2D eigenvalue weighted by atomic mass is 9.71. The summed E-state index contributed by atoms with van der Waals surface area (Å²) in [5, 5.41) is 5.58. The molecule has 4 heteroatoms. The molecule has 1 fully saturated rings. The van der Waals surface area contributed by atoms with Crippen LogP contribution in [-0.4, -0.2) is 18.1 Å². The smallest absolute Gasteiger partial charge is 0.326 e. The van der Waals surface area contributed by atoms with Crippen molar-refractivity contribution in [3.8, 4) is 0 Å². The van der Waals surface area contributed by atoms with Crippen LogP contribution in [0.2, 0.25) is 0 Å². The third-order valence-electron chi connectivity index (χ3n) is 4.52. The number of carbonyl (C=O) groups excluding carboxylic acids is 1. The molecule has 20 heavy (non-hydrogen) atoms. The minimum atomic E-state index is -0.494. The first-order valence-electron chi connectivity index (χ1n) is 7.52. The van der Waals surface area contributed by atoms with Gasteiger partial charge in [-0.3, -0.25) is 10.1 Å². The van der Waals surface area contributed by atoms with Gasteiger partial charge in [0.15, 0.2) is 0 Å². The van der Waals surface area contributed by atoms with E-state index in [0.29, 0.717) is 18.4 Å². The Hall–Kier alpha value is -0.870. The average Bonchev–Trinajstić information content (AvgIpc) is 2.94. The van der Waals surface area contributed by atoms with Crippen molar-refractivity contribution in [1.29, 1.82) is 0 Å². The summed E-state index contributed by atoms with van der Waals surface area (Å²) >= 11 is 1.72. The predicted molar refractivity (Wildman–Crippen MR) is 82.7 cm³/mol. The van der Waals surface area contributed by atoms with E-state index in [2.05, 4.69) is 30.6 Å². The summed E-state index contributed by atoms with van der Waals surface area (Å²) in [6.07, 6.45) is 2.83. The molecule has 112 valence electrons. The van der Waals surface area contributed by atoms with Gasteiger partial charge in [0, 0.05) is 11.4 Å². The maximum absolute atomic E-state index is 12.5. The van der Waals surface area contributed by atoms with Crippen LogP contribution in [-0.2, 0) is 16.1 Å². The molecule has 1 aromatic heterocycles. The number of hydrogen-bond donors (Lipinski definition) is 1. The van der Waals surface area contributed by atoms with E-state index in [1.165, 1.54) is 4.88 Å². The van der Waals surface area contributed by atoms with Crippen molar-refractivity contribution in [2.45, 2.75) is 52.1 Å². The summed E-state index contributed by atoms with van der Waals surface area (Å²) in [7, 11) is 0. The van der Waals surface area contributed by atoms with E-state index in [1.807, 2.05) is 13.0 Å². The molecule has 1 heterocycles. The van der Waals surface area contributed by atoms with Crippen LogP contribution in [0.15, 0.2) is 17.5 Å². The normalized spacial score (nSPS) is 30.1. The molecule has 1 aliphatic rings. The second-order valence-electron chi connectivity index (χ2n) is 5.93. The fourth-order valence-electron chi connectivity index (χ4n) is 2.97. The van der Waals surface area contributed by atoms with Crippen molar-refractivity contribution in [3.05, 3.63) is 22.4 Å². The van der Waals surface area contributed by atoms with Gasteiger partial charge in [0.25, 0.3) is 0 Å².